The van der Waals surface area contributed by atoms with Crippen molar-refractivity contribution in [2.24, 2.45) is 0 Å². The number of phenolic OH excluding ortho intramolecular Hbond substituents is 1. The Labute approximate surface area is 425 Å². The molecule has 6 aromatic carbocycles. The molecule has 9 rings (SSSR count). The van der Waals surface area contributed by atoms with Gasteiger partial charge < -0.3 is 5.11 Å². The van der Waals surface area contributed by atoms with Crippen LogP contribution >= 0.6 is 0 Å². The van der Waals surface area contributed by atoms with Gasteiger partial charge in [0.15, 0.2) is 0 Å². The van der Waals surface area contributed by atoms with Crippen LogP contribution in [0.3, 0.4) is 0 Å². The third-order valence-corrected chi connectivity index (χ3v) is 15.5. The van der Waals surface area contributed by atoms with Crippen LogP contribution in [0.4, 0.5) is 0 Å². The summed E-state index contributed by atoms with van der Waals surface area (Å²) in [6.45, 7) is 36.6. The van der Waals surface area contributed by atoms with Gasteiger partial charge in [0.2, 0.25) is 0 Å². The maximum atomic E-state index is 12.6. The zero-order valence-corrected chi connectivity index (χ0v) is 45.6. The molecule has 2 aromatic heterocycles. The molecule has 1 N–H and O–H groups in total. The lowest BCUT2D eigenvalue weighted by atomic mass is 9.74. The van der Waals surface area contributed by atoms with Gasteiger partial charge in [-0.05, 0) is 144 Å². The highest BCUT2D eigenvalue weighted by molar-refractivity contribution is 5.98. The predicted octanol–water partition coefficient (Wildman–Crippen LogP) is 18.4. The quantitative estimate of drug-likeness (QED) is 0.169. The van der Waals surface area contributed by atoms with Gasteiger partial charge in [-0.25, -0.2) is 4.98 Å². The number of phenols is 1. The number of nitrogens with zero attached hydrogens (tertiary/aromatic N) is 3. The van der Waals surface area contributed by atoms with Crippen LogP contribution in [-0.4, -0.2) is 19.6 Å². The molecule has 0 saturated heterocycles. The summed E-state index contributed by atoms with van der Waals surface area (Å²) in [4.78, 5) is 10.8. The van der Waals surface area contributed by atoms with E-state index in [9.17, 15) is 5.11 Å². The van der Waals surface area contributed by atoms with Crippen molar-refractivity contribution in [3.05, 3.63) is 167 Å². The molecule has 2 heterocycles. The van der Waals surface area contributed by atoms with Crippen LogP contribution in [0, 0.1) is 0 Å². The summed E-state index contributed by atoms with van der Waals surface area (Å²) >= 11 is 0. The summed E-state index contributed by atoms with van der Waals surface area (Å²) in [7, 11) is 0. The van der Waals surface area contributed by atoms with Gasteiger partial charge >= 0.3 is 0 Å². The maximum absolute atomic E-state index is 12.6. The molecule has 1 aliphatic rings. The molecular formula is C67H77N3O. The zero-order valence-electron chi connectivity index (χ0n) is 45.6. The van der Waals surface area contributed by atoms with Crippen molar-refractivity contribution in [1.82, 2.24) is 14.5 Å². The van der Waals surface area contributed by atoms with Crippen molar-refractivity contribution in [3.8, 4) is 67.5 Å². The third-order valence-electron chi connectivity index (χ3n) is 15.5. The fourth-order valence-electron chi connectivity index (χ4n) is 10.9. The Bertz CT molecular complexity index is 3320. The molecule has 0 fully saturated rings. The molecule has 0 radical (unpaired) electrons. The maximum Gasteiger partial charge on any atom is 0.149 e. The SMILES string of the molecule is CC(C)(C)c1cc(-c2cc(-c3ccc4c(c3)C(C)(C)CCCC4(C)C)ccn2)cc(-c2cccc3c2nc(-c2cc(C(C)(C)C)cc(C(C)(C)C)c2O)n3-c2ccc(C(C)(C)C)cc2-c2ccccc2)c1. The van der Waals surface area contributed by atoms with Crippen LogP contribution in [0.5, 0.6) is 5.75 Å². The van der Waals surface area contributed by atoms with Crippen LogP contribution in [0.25, 0.3) is 72.7 Å². The van der Waals surface area contributed by atoms with Crippen molar-refractivity contribution >= 4 is 11.0 Å². The molecule has 0 bridgehead atoms. The number of hydrogen-bond acceptors (Lipinski definition) is 3. The van der Waals surface area contributed by atoms with Gasteiger partial charge in [-0.3, -0.25) is 9.55 Å². The standard InChI is InChI=1S/C67H77N3O/c1-62(2,3)47-27-29-57(51(39-47)42-22-18-17-19-23-42)70-58-25-20-24-50(59(58)69-61(70)52-40-49(64(7,8)9)41-55(60(52)71)65(10,11)12)45-34-46(36-48(35-45)63(4,5)6)56-38-44(30-33-68-56)43-26-28-53-54(37-43)67(15,16)32-21-31-66(53,13)14/h17-20,22-30,33-41,71H,21,31-32H2,1-16H3. The van der Waals surface area contributed by atoms with E-state index in [1.54, 1.807) is 0 Å². The Kier molecular flexibility index (Phi) is 12.3. The lowest BCUT2D eigenvalue weighted by Crippen LogP contribution is -2.21. The average molecular weight is 940 g/mol. The minimum absolute atomic E-state index is 0.0752. The van der Waals surface area contributed by atoms with Crippen molar-refractivity contribution in [1.29, 1.82) is 0 Å². The molecule has 1 aliphatic carbocycles. The molecule has 0 amide bonds. The molecule has 0 saturated carbocycles. The summed E-state index contributed by atoms with van der Waals surface area (Å²) in [5, 5.41) is 12.6. The summed E-state index contributed by atoms with van der Waals surface area (Å²) in [6.07, 6.45) is 5.59. The number of imidazole rings is 1. The van der Waals surface area contributed by atoms with E-state index in [0.29, 0.717) is 5.82 Å². The van der Waals surface area contributed by atoms with Gasteiger partial charge in [-0.1, -0.05) is 196 Å². The Morgan fingerprint density at radius 1 is 0.479 bits per heavy atom. The Morgan fingerprint density at radius 2 is 1.10 bits per heavy atom. The molecule has 0 atom stereocenters. The van der Waals surface area contributed by atoms with Crippen molar-refractivity contribution in [2.75, 3.05) is 0 Å². The first-order valence-electron chi connectivity index (χ1n) is 26.0. The second-order valence-corrected chi connectivity index (χ2v) is 26.1. The van der Waals surface area contributed by atoms with Crippen molar-refractivity contribution < 1.29 is 5.11 Å². The number of rotatable bonds is 6. The average Bonchev–Trinajstić information content (AvgIpc) is 3.65. The van der Waals surface area contributed by atoms with Gasteiger partial charge in [0, 0.05) is 28.5 Å². The third kappa shape index (κ3) is 9.52. The molecule has 0 aliphatic heterocycles. The summed E-state index contributed by atoms with van der Waals surface area (Å²) in [6, 6.07) is 47.1. The van der Waals surface area contributed by atoms with E-state index in [1.807, 2.05) is 6.20 Å². The second kappa shape index (κ2) is 17.5. The molecule has 4 nitrogen and oxygen atoms in total. The Hall–Kier alpha value is -6.26. The molecule has 0 unspecified atom stereocenters. The minimum atomic E-state index is -0.326. The zero-order chi connectivity index (χ0) is 51.2. The van der Waals surface area contributed by atoms with Gasteiger partial charge in [-0.2, -0.15) is 0 Å². The summed E-state index contributed by atoms with van der Waals surface area (Å²) in [5.74, 6) is 0.969. The molecule has 8 aromatic rings. The largest absolute Gasteiger partial charge is 0.507 e. The number of pyridine rings is 1. The van der Waals surface area contributed by atoms with Crippen molar-refractivity contribution in [3.63, 3.8) is 0 Å². The highest BCUT2D eigenvalue weighted by atomic mass is 16.3. The Balaban J connectivity index is 1.31. The van der Waals surface area contributed by atoms with Crippen LogP contribution in [0.1, 0.15) is 163 Å². The fraction of sp³-hybridized carbons (Fsp3) is 0.373. The van der Waals surface area contributed by atoms with Crippen molar-refractivity contribution in [2.45, 2.75) is 163 Å². The number of fused-ring (bicyclic) bond motifs is 2. The molecule has 4 heteroatoms. The van der Waals surface area contributed by atoms with E-state index in [4.69, 9.17) is 9.97 Å². The Morgan fingerprint density at radius 3 is 1.76 bits per heavy atom. The van der Waals surface area contributed by atoms with E-state index in [0.717, 1.165) is 66.9 Å². The smallest absolute Gasteiger partial charge is 0.149 e. The van der Waals surface area contributed by atoms with Gasteiger partial charge in [-0.15, -0.1) is 0 Å². The van der Waals surface area contributed by atoms with Crippen LogP contribution in [-0.2, 0) is 32.5 Å². The number of aromatic nitrogens is 3. The van der Waals surface area contributed by atoms with Crippen LogP contribution < -0.4 is 0 Å². The predicted molar refractivity (Wildman–Crippen MR) is 302 cm³/mol. The van der Waals surface area contributed by atoms with E-state index in [2.05, 4.69) is 243 Å². The summed E-state index contributed by atoms with van der Waals surface area (Å²) in [5.41, 5.74) is 19.3. The first kappa shape index (κ1) is 49.7. The first-order chi connectivity index (χ1) is 33.1. The van der Waals surface area contributed by atoms with E-state index in [-0.39, 0.29) is 38.2 Å². The molecule has 0 spiro atoms. The summed E-state index contributed by atoms with van der Waals surface area (Å²) < 4.78 is 2.31. The number of aromatic hydroxyl groups is 1. The van der Waals surface area contributed by atoms with Crippen LogP contribution in [0.2, 0.25) is 0 Å². The normalized spacial score (nSPS) is 15.2. The highest BCUT2D eigenvalue weighted by Gasteiger charge is 2.35. The van der Waals surface area contributed by atoms with E-state index < -0.39 is 0 Å². The number of hydrogen-bond donors (Lipinski definition) is 1. The van der Waals surface area contributed by atoms with E-state index >= 15 is 0 Å². The number of benzene rings is 6. The lowest BCUT2D eigenvalue weighted by molar-refractivity contribution is 0.433. The lowest BCUT2D eigenvalue weighted by Gasteiger charge is -2.30. The monoisotopic (exact) mass is 940 g/mol. The van der Waals surface area contributed by atoms with E-state index in [1.165, 1.54) is 52.6 Å². The molecular weight excluding hydrogens is 863 g/mol. The topological polar surface area (TPSA) is 50.9 Å². The first-order valence-corrected chi connectivity index (χ1v) is 26.0. The van der Waals surface area contributed by atoms with Crippen LogP contribution in [0.15, 0.2) is 134 Å². The fourth-order valence-corrected chi connectivity index (χ4v) is 10.9. The second-order valence-electron chi connectivity index (χ2n) is 26.1. The molecule has 71 heavy (non-hydrogen) atoms. The number of para-hydroxylation sites is 1. The molecule has 366 valence electrons. The van der Waals surface area contributed by atoms with Gasteiger partial charge in [0.25, 0.3) is 0 Å². The minimum Gasteiger partial charge on any atom is -0.507 e. The highest BCUT2D eigenvalue weighted by Crippen LogP contribution is 2.48. The van der Waals surface area contributed by atoms with Gasteiger partial charge in [0.05, 0.1) is 28.0 Å². The van der Waals surface area contributed by atoms with Gasteiger partial charge in [0.1, 0.15) is 11.6 Å².